The summed E-state index contributed by atoms with van der Waals surface area (Å²) < 4.78 is 0. The molecule has 0 heterocycles. The van der Waals surface area contributed by atoms with E-state index in [-0.39, 0.29) is 0 Å². The third kappa shape index (κ3) is 7.96. The van der Waals surface area contributed by atoms with Crippen LogP contribution in [0.5, 0.6) is 0 Å². The summed E-state index contributed by atoms with van der Waals surface area (Å²) in [5.41, 5.74) is 19.7. The van der Waals surface area contributed by atoms with Crippen molar-refractivity contribution in [3.05, 3.63) is 193 Å². The highest BCUT2D eigenvalue weighted by atomic mass is 15.0. The Morgan fingerprint density at radius 1 is 0.481 bits per heavy atom. The molecule has 0 spiro atoms. The molecule has 0 bridgehead atoms. The maximum Gasteiger partial charge on any atom is 0.161 e. The van der Waals surface area contributed by atoms with E-state index >= 15 is 0 Å². The molecule has 5 heteroatoms. The number of nitrogens with zero attached hydrogens (tertiary/aromatic N) is 3. The van der Waals surface area contributed by atoms with E-state index in [4.69, 9.17) is 15.7 Å². The number of amidine groups is 2. The zero-order valence-electron chi connectivity index (χ0n) is 29.2. The normalized spacial score (nSPS) is 11.9. The zero-order chi connectivity index (χ0) is 35.7. The Balaban J connectivity index is 1.28. The summed E-state index contributed by atoms with van der Waals surface area (Å²) in [6.45, 7) is 0. The number of benzene rings is 7. The highest BCUT2D eigenvalue weighted by Crippen LogP contribution is 2.32. The van der Waals surface area contributed by atoms with Crippen LogP contribution in [0.4, 0.5) is 11.4 Å². The molecule has 5 nitrogen and oxygen atoms in total. The predicted octanol–water partition coefficient (Wildman–Crippen LogP) is 10.9. The Bertz CT molecular complexity index is 2400. The lowest BCUT2D eigenvalue weighted by atomic mass is 9.97. The Hall–Kier alpha value is -6.85. The number of nitrogens with two attached hydrogens (primary N) is 1. The highest BCUT2D eigenvalue weighted by Gasteiger charge is 2.11. The van der Waals surface area contributed by atoms with Crippen molar-refractivity contribution in [2.24, 2.45) is 15.0 Å². The van der Waals surface area contributed by atoms with Gasteiger partial charge >= 0.3 is 0 Å². The van der Waals surface area contributed by atoms with E-state index in [0.717, 1.165) is 61.3 Å². The van der Waals surface area contributed by atoms with Gasteiger partial charge in [0.15, 0.2) is 11.7 Å². The average Bonchev–Trinajstić information content (AvgIpc) is 3.21. The minimum atomic E-state index is 0.549. The van der Waals surface area contributed by atoms with Crippen LogP contribution in [0.3, 0.4) is 0 Å². The summed E-state index contributed by atoms with van der Waals surface area (Å²) in [5.74, 6) is 1.15. The molecular weight excluding hydrogens is 635 g/mol. The van der Waals surface area contributed by atoms with E-state index in [1.165, 1.54) is 5.56 Å². The maximum atomic E-state index is 6.43. The lowest BCUT2D eigenvalue weighted by Crippen LogP contribution is -2.06. The van der Waals surface area contributed by atoms with Crippen LogP contribution in [0, 0.1) is 0 Å². The molecule has 252 valence electrons. The van der Waals surface area contributed by atoms with E-state index in [9.17, 15) is 0 Å². The molecule has 0 amide bonds. The molecule has 0 unspecified atom stereocenters. The molecule has 3 N–H and O–H groups in total. The molecule has 7 aromatic rings. The van der Waals surface area contributed by atoms with E-state index in [0.29, 0.717) is 17.4 Å². The standard InChI is InChI=1S/C47H39N5/c1-49-45-30-42(35-17-8-4-9-18-35)27-43(31-45)37-21-12-14-33(24-37)32-51-47(52-46(50-2)36-19-10-5-11-20-36)39-23-13-22-38(25-39)41-26-40(28-44(48)29-41)34-15-6-3-7-16-34/h3-32,49H,48H2,1-2H3. The van der Waals surface area contributed by atoms with Gasteiger partial charge in [0, 0.05) is 42.8 Å². The van der Waals surface area contributed by atoms with E-state index in [1.807, 2.05) is 92.1 Å². The first kappa shape index (κ1) is 33.6. The number of aliphatic imine (C=N–C) groups is 3. The van der Waals surface area contributed by atoms with Gasteiger partial charge in [-0.3, -0.25) is 4.99 Å². The van der Waals surface area contributed by atoms with Gasteiger partial charge in [0.25, 0.3) is 0 Å². The Labute approximate surface area is 305 Å². The molecule has 52 heavy (non-hydrogen) atoms. The van der Waals surface area contributed by atoms with Gasteiger partial charge in [0.2, 0.25) is 0 Å². The van der Waals surface area contributed by atoms with E-state index in [2.05, 4.69) is 107 Å². The van der Waals surface area contributed by atoms with Gasteiger partial charge in [-0.15, -0.1) is 0 Å². The average molecular weight is 674 g/mol. The number of hydrogen-bond acceptors (Lipinski definition) is 3. The summed E-state index contributed by atoms with van der Waals surface area (Å²) in [6, 6.07) is 60.2. The largest absolute Gasteiger partial charge is 0.399 e. The molecule has 0 saturated carbocycles. The zero-order valence-corrected chi connectivity index (χ0v) is 29.2. The van der Waals surface area contributed by atoms with Crippen molar-refractivity contribution in [1.29, 1.82) is 0 Å². The number of hydrogen-bond donors (Lipinski definition) is 2. The molecule has 0 aliphatic carbocycles. The second kappa shape index (κ2) is 15.8. The number of nitrogen functional groups attached to an aromatic ring is 1. The van der Waals surface area contributed by atoms with Gasteiger partial charge in [-0.05, 0) is 98.6 Å². The van der Waals surface area contributed by atoms with Gasteiger partial charge in [0.05, 0.1) is 0 Å². The number of nitrogens with one attached hydrogen (secondary N) is 1. The Morgan fingerprint density at radius 2 is 0.981 bits per heavy atom. The van der Waals surface area contributed by atoms with Crippen molar-refractivity contribution in [1.82, 2.24) is 0 Å². The van der Waals surface area contributed by atoms with E-state index < -0.39 is 0 Å². The van der Waals surface area contributed by atoms with Crippen LogP contribution in [-0.4, -0.2) is 32.0 Å². The van der Waals surface area contributed by atoms with Crippen LogP contribution in [0.15, 0.2) is 191 Å². The Morgan fingerprint density at radius 3 is 1.60 bits per heavy atom. The highest BCUT2D eigenvalue weighted by molar-refractivity contribution is 6.14. The van der Waals surface area contributed by atoms with Crippen molar-refractivity contribution in [2.45, 2.75) is 0 Å². The molecule has 0 saturated heterocycles. The maximum absolute atomic E-state index is 6.43. The van der Waals surface area contributed by atoms with Crippen LogP contribution in [0.1, 0.15) is 16.7 Å². The third-order valence-corrected chi connectivity index (χ3v) is 8.86. The molecule has 7 aromatic carbocycles. The molecule has 7 rings (SSSR count). The number of rotatable bonds is 8. The minimum absolute atomic E-state index is 0.549. The van der Waals surface area contributed by atoms with Crippen LogP contribution < -0.4 is 11.1 Å². The molecule has 0 radical (unpaired) electrons. The van der Waals surface area contributed by atoms with Crippen molar-refractivity contribution in [3.8, 4) is 44.5 Å². The summed E-state index contributed by atoms with van der Waals surface area (Å²) in [7, 11) is 3.71. The van der Waals surface area contributed by atoms with Crippen molar-refractivity contribution < 1.29 is 0 Å². The van der Waals surface area contributed by atoms with Gasteiger partial charge in [-0.25, -0.2) is 9.98 Å². The summed E-state index contributed by atoms with van der Waals surface area (Å²) in [5, 5.41) is 3.33. The summed E-state index contributed by atoms with van der Waals surface area (Å²) in [6.07, 6.45) is 1.88. The van der Waals surface area contributed by atoms with Crippen molar-refractivity contribution in [2.75, 3.05) is 25.1 Å². The van der Waals surface area contributed by atoms with Crippen molar-refractivity contribution in [3.63, 3.8) is 0 Å². The smallest absolute Gasteiger partial charge is 0.161 e. The quantitative estimate of drug-likeness (QED) is 0.0957. The fourth-order valence-electron chi connectivity index (χ4n) is 6.22. The van der Waals surface area contributed by atoms with Crippen LogP contribution in [0.25, 0.3) is 44.5 Å². The minimum Gasteiger partial charge on any atom is -0.399 e. The first-order chi connectivity index (χ1) is 25.6. The Kier molecular flexibility index (Phi) is 10.2. The monoisotopic (exact) mass is 673 g/mol. The van der Waals surface area contributed by atoms with Crippen LogP contribution in [0.2, 0.25) is 0 Å². The SMILES string of the molecule is CN=C(N=C(N=Cc1cccc(-c2cc(NC)cc(-c3ccccc3)c2)c1)c1cccc(-c2cc(N)cc(-c3ccccc3)c2)c1)c1ccccc1. The third-order valence-electron chi connectivity index (χ3n) is 8.86. The summed E-state index contributed by atoms with van der Waals surface area (Å²) in [4.78, 5) is 14.6. The molecule has 0 atom stereocenters. The first-order valence-electron chi connectivity index (χ1n) is 17.3. The lowest BCUT2D eigenvalue weighted by Gasteiger charge is -2.11. The van der Waals surface area contributed by atoms with Crippen LogP contribution >= 0.6 is 0 Å². The molecular formula is C47H39N5. The lowest BCUT2D eigenvalue weighted by molar-refractivity contribution is 1.37. The molecule has 0 aliphatic heterocycles. The first-order valence-corrected chi connectivity index (χ1v) is 17.3. The summed E-state index contributed by atoms with van der Waals surface area (Å²) >= 11 is 0. The fraction of sp³-hybridized carbons (Fsp3) is 0.0426. The molecule has 0 aliphatic rings. The topological polar surface area (TPSA) is 75.1 Å². The predicted molar refractivity (Wildman–Crippen MR) is 222 cm³/mol. The van der Waals surface area contributed by atoms with Gasteiger partial charge in [-0.1, -0.05) is 127 Å². The van der Waals surface area contributed by atoms with Gasteiger partial charge in [0.1, 0.15) is 0 Å². The van der Waals surface area contributed by atoms with Gasteiger partial charge < -0.3 is 11.1 Å². The van der Waals surface area contributed by atoms with E-state index in [1.54, 1.807) is 7.05 Å². The molecule has 0 aromatic heterocycles. The van der Waals surface area contributed by atoms with Crippen LogP contribution in [-0.2, 0) is 0 Å². The van der Waals surface area contributed by atoms with Gasteiger partial charge in [-0.2, -0.15) is 0 Å². The fourth-order valence-corrected chi connectivity index (χ4v) is 6.22. The number of anilines is 2. The van der Waals surface area contributed by atoms with Crippen molar-refractivity contribution >= 4 is 29.3 Å². The molecule has 0 fully saturated rings. The second-order valence-electron chi connectivity index (χ2n) is 12.4. The second-order valence-corrected chi connectivity index (χ2v) is 12.4.